The molecule has 0 fully saturated rings. The van der Waals surface area contributed by atoms with E-state index in [2.05, 4.69) is 31.9 Å². The van der Waals surface area contributed by atoms with Crippen LogP contribution in [0.3, 0.4) is 0 Å². The first-order valence-corrected chi connectivity index (χ1v) is 6.59. The molecule has 4 heteroatoms. The molecule has 2 aromatic carbocycles. The van der Waals surface area contributed by atoms with E-state index in [4.69, 9.17) is 0 Å². The fourth-order valence-electron chi connectivity index (χ4n) is 1.58. The van der Waals surface area contributed by atoms with E-state index in [0.717, 1.165) is 20.1 Å². The molecular weight excluding hydrogens is 348 g/mol. The standard InChI is InChI=1S/C13H10Br2O2/c14-10-3-1-8(12(16)6-10)5-9-2-4-11(15)7-13(9)17/h1-4,6-7,16-17H,5H2. The third kappa shape index (κ3) is 3.01. The van der Waals surface area contributed by atoms with E-state index in [1.165, 1.54) is 0 Å². The second-order valence-corrected chi connectivity index (χ2v) is 5.55. The zero-order chi connectivity index (χ0) is 12.4. The maximum atomic E-state index is 9.78. The number of halogens is 2. The summed E-state index contributed by atoms with van der Waals surface area (Å²) in [5.74, 6) is 0.448. The van der Waals surface area contributed by atoms with E-state index in [-0.39, 0.29) is 11.5 Å². The van der Waals surface area contributed by atoms with Crippen LogP contribution in [0.2, 0.25) is 0 Å². The van der Waals surface area contributed by atoms with Crippen LogP contribution in [0.1, 0.15) is 11.1 Å². The van der Waals surface area contributed by atoms with Crippen LogP contribution in [0.25, 0.3) is 0 Å². The van der Waals surface area contributed by atoms with Crippen LogP contribution >= 0.6 is 31.9 Å². The SMILES string of the molecule is Oc1cc(Br)ccc1Cc1ccc(Br)cc1O. The van der Waals surface area contributed by atoms with Crippen molar-refractivity contribution in [1.29, 1.82) is 0 Å². The first-order valence-electron chi connectivity index (χ1n) is 5.01. The van der Waals surface area contributed by atoms with Crippen molar-refractivity contribution in [3.05, 3.63) is 56.5 Å². The molecule has 0 aromatic heterocycles. The summed E-state index contributed by atoms with van der Waals surface area (Å²) in [6, 6.07) is 10.7. The molecule has 0 aliphatic heterocycles. The first kappa shape index (κ1) is 12.5. The highest BCUT2D eigenvalue weighted by molar-refractivity contribution is 9.10. The lowest BCUT2D eigenvalue weighted by atomic mass is 10.0. The first-order chi connectivity index (χ1) is 8.06. The molecule has 0 bridgehead atoms. The van der Waals surface area contributed by atoms with Crippen molar-refractivity contribution in [2.75, 3.05) is 0 Å². The molecule has 0 saturated heterocycles. The van der Waals surface area contributed by atoms with E-state index in [0.29, 0.717) is 6.42 Å². The highest BCUT2D eigenvalue weighted by Crippen LogP contribution is 2.29. The second kappa shape index (κ2) is 5.10. The maximum Gasteiger partial charge on any atom is 0.120 e. The van der Waals surface area contributed by atoms with E-state index >= 15 is 0 Å². The van der Waals surface area contributed by atoms with Gasteiger partial charge in [-0.1, -0.05) is 44.0 Å². The van der Waals surface area contributed by atoms with Crippen molar-refractivity contribution in [3.63, 3.8) is 0 Å². The van der Waals surface area contributed by atoms with Gasteiger partial charge in [-0.05, 0) is 35.4 Å². The average molecular weight is 358 g/mol. The van der Waals surface area contributed by atoms with Gasteiger partial charge in [0.05, 0.1) is 0 Å². The Bertz CT molecular complexity index is 504. The van der Waals surface area contributed by atoms with Gasteiger partial charge in [0.1, 0.15) is 11.5 Å². The molecule has 17 heavy (non-hydrogen) atoms. The Labute approximate surface area is 116 Å². The third-order valence-electron chi connectivity index (χ3n) is 2.48. The highest BCUT2D eigenvalue weighted by atomic mass is 79.9. The third-order valence-corrected chi connectivity index (χ3v) is 3.46. The molecular formula is C13H10Br2O2. The Balaban J connectivity index is 2.31. The number of benzene rings is 2. The molecule has 0 atom stereocenters. The predicted octanol–water partition coefficient (Wildman–Crippen LogP) is 4.21. The molecule has 2 rings (SSSR count). The van der Waals surface area contributed by atoms with Crippen molar-refractivity contribution in [2.24, 2.45) is 0 Å². The van der Waals surface area contributed by atoms with Gasteiger partial charge in [0, 0.05) is 15.4 Å². The van der Waals surface area contributed by atoms with Crippen LogP contribution in [0.4, 0.5) is 0 Å². The van der Waals surface area contributed by atoms with Crippen molar-refractivity contribution in [3.8, 4) is 11.5 Å². The summed E-state index contributed by atoms with van der Waals surface area (Å²) in [6.07, 6.45) is 0.498. The Morgan fingerprint density at radius 3 is 1.53 bits per heavy atom. The van der Waals surface area contributed by atoms with Gasteiger partial charge >= 0.3 is 0 Å². The molecule has 0 spiro atoms. The molecule has 0 saturated carbocycles. The summed E-state index contributed by atoms with van der Waals surface area (Å²) in [5, 5.41) is 19.6. The maximum absolute atomic E-state index is 9.78. The molecule has 0 unspecified atom stereocenters. The topological polar surface area (TPSA) is 40.5 Å². The van der Waals surface area contributed by atoms with Crippen molar-refractivity contribution >= 4 is 31.9 Å². The van der Waals surface area contributed by atoms with Gasteiger partial charge in [0.2, 0.25) is 0 Å². The number of aromatic hydroxyl groups is 2. The summed E-state index contributed by atoms with van der Waals surface area (Å²) >= 11 is 6.58. The zero-order valence-corrected chi connectivity index (χ0v) is 12.0. The molecule has 2 aromatic rings. The Kier molecular flexibility index (Phi) is 3.74. The molecule has 0 aliphatic carbocycles. The minimum Gasteiger partial charge on any atom is -0.508 e. The molecule has 2 N–H and O–H groups in total. The summed E-state index contributed by atoms with van der Waals surface area (Å²) in [4.78, 5) is 0. The largest absolute Gasteiger partial charge is 0.508 e. The lowest BCUT2D eigenvalue weighted by Gasteiger charge is -2.07. The Hall–Kier alpha value is -1.00. The molecule has 2 nitrogen and oxygen atoms in total. The number of phenols is 2. The molecule has 0 heterocycles. The molecule has 0 radical (unpaired) electrons. The quantitative estimate of drug-likeness (QED) is 0.845. The predicted molar refractivity (Wildman–Crippen MR) is 74.4 cm³/mol. The van der Waals surface area contributed by atoms with Crippen LogP contribution in [0.15, 0.2) is 45.3 Å². The highest BCUT2D eigenvalue weighted by Gasteiger charge is 2.07. The number of hydrogen-bond donors (Lipinski definition) is 2. The van der Waals surface area contributed by atoms with E-state index in [9.17, 15) is 10.2 Å². The fraction of sp³-hybridized carbons (Fsp3) is 0.0769. The Morgan fingerprint density at radius 2 is 1.18 bits per heavy atom. The van der Waals surface area contributed by atoms with Gasteiger partial charge < -0.3 is 10.2 Å². The number of rotatable bonds is 2. The van der Waals surface area contributed by atoms with Crippen molar-refractivity contribution < 1.29 is 10.2 Å². The summed E-state index contributed by atoms with van der Waals surface area (Å²) in [7, 11) is 0. The zero-order valence-electron chi connectivity index (χ0n) is 8.82. The van der Waals surface area contributed by atoms with E-state index < -0.39 is 0 Å². The smallest absolute Gasteiger partial charge is 0.120 e. The average Bonchev–Trinajstić information content (AvgIpc) is 2.25. The van der Waals surface area contributed by atoms with Gasteiger partial charge in [-0.2, -0.15) is 0 Å². The van der Waals surface area contributed by atoms with E-state index in [1.54, 1.807) is 12.1 Å². The fourth-order valence-corrected chi connectivity index (χ4v) is 2.28. The monoisotopic (exact) mass is 356 g/mol. The minimum atomic E-state index is 0.224. The number of phenolic OH excluding ortho intramolecular Hbond substituents is 2. The van der Waals surface area contributed by atoms with Gasteiger partial charge in [0.15, 0.2) is 0 Å². The number of hydrogen-bond acceptors (Lipinski definition) is 2. The van der Waals surface area contributed by atoms with E-state index in [1.807, 2.05) is 24.3 Å². The molecule has 0 amide bonds. The van der Waals surface area contributed by atoms with Crippen LogP contribution < -0.4 is 0 Å². The van der Waals surface area contributed by atoms with Crippen LogP contribution in [-0.2, 0) is 6.42 Å². The van der Waals surface area contributed by atoms with Gasteiger partial charge in [-0.3, -0.25) is 0 Å². The van der Waals surface area contributed by atoms with Gasteiger partial charge in [-0.15, -0.1) is 0 Å². The molecule has 88 valence electrons. The van der Waals surface area contributed by atoms with Crippen LogP contribution in [0, 0.1) is 0 Å². The van der Waals surface area contributed by atoms with Crippen LogP contribution in [0.5, 0.6) is 11.5 Å². The Morgan fingerprint density at radius 1 is 0.765 bits per heavy atom. The minimum absolute atomic E-state index is 0.224. The van der Waals surface area contributed by atoms with Crippen molar-refractivity contribution in [1.82, 2.24) is 0 Å². The molecule has 0 aliphatic rings. The summed E-state index contributed by atoms with van der Waals surface area (Å²) in [5.41, 5.74) is 1.57. The lowest BCUT2D eigenvalue weighted by Crippen LogP contribution is -1.89. The summed E-state index contributed by atoms with van der Waals surface area (Å²) in [6.45, 7) is 0. The van der Waals surface area contributed by atoms with Crippen molar-refractivity contribution in [2.45, 2.75) is 6.42 Å². The summed E-state index contributed by atoms with van der Waals surface area (Å²) < 4.78 is 1.66. The lowest BCUT2D eigenvalue weighted by molar-refractivity contribution is 0.462. The van der Waals surface area contributed by atoms with Gasteiger partial charge in [0.25, 0.3) is 0 Å². The second-order valence-electron chi connectivity index (χ2n) is 3.72. The normalized spacial score (nSPS) is 10.5. The van der Waals surface area contributed by atoms with Gasteiger partial charge in [-0.25, -0.2) is 0 Å². The van der Waals surface area contributed by atoms with Crippen LogP contribution in [-0.4, -0.2) is 10.2 Å².